The molecule has 2 rings (SSSR count). The lowest BCUT2D eigenvalue weighted by molar-refractivity contribution is 0.636. The molecule has 0 saturated heterocycles. The second-order valence-corrected chi connectivity index (χ2v) is 5.74. The molecule has 0 saturated carbocycles. The fraction of sp³-hybridized carbons (Fsp3) is 0.200. The largest absolute Gasteiger partial charge is 0.271 e. The van der Waals surface area contributed by atoms with Gasteiger partial charge in [0.1, 0.15) is 0 Å². The molecule has 0 aliphatic heterocycles. The Bertz CT molecular complexity index is 552. The smallest absolute Gasteiger partial charge is 0.0710 e. The molecule has 0 radical (unpaired) electrons. The minimum Gasteiger partial charge on any atom is -0.271 e. The van der Waals surface area contributed by atoms with E-state index in [0.29, 0.717) is 0 Å². The van der Waals surface area contributed by atoms with Crippen LogP contribution in [0.15, 0.2) is 42.5 Å². The number of aryl methyl sites for hydroxylation is 2. The van der Waals surface area contributed by atoms with Crippen LogP contribution >= 0.6 is 22.6 Å². The van der Waals surface area contributed by atoms with Crippen LogP contribution in [-0.2, 0) is 0 Å². The van der Waals surface area contributed by atoms with E-state index in [-0.39, 0.29) is 6.04 Å². The molecule has 3 heteroatoms. The Labute approximate surface area is 122 Å². The predicted octanol–water partition coefficient (Wildman–Crippen LogP) is 3.46. The molecule has 1 unspecified atom stereocenters. The topological polar surface area (TPSA) is 38.0 Å². The fourth-order valence-corrected chi connectivity index (χ4v) is 2.58. The summed E-state index contributed by atoms with van der Waals surface area (Å²) >= 11 is 2.32. The van der Waals surface area contributed by atoms with E-state index in [2.05, 4.69) is 84.3 Å². The Balaban J connectivity index is 2.42. The number of hydrogen-bond acceptors (Lipinski definition) is 2. The predicted molar refractivity (Wildman–Crippen MR) is 84.2 cm³/mol. The standard InChI is InChI=1S/C15H17IN2/c1-10-6-7-13(8-11(10)2)15(18-17)12-4-3-5-14(16)9-12/h3-9,15,18H,17H2,1-2H3. The number of nitrogens with two attached hydrogens (primary N) is 1. The van der Waals surface area contributed by atoms with Crippen molar-refractivity contribution in [3.8, 4) is 0 Å². The third kappa shape index (κ3) is 2.91. The van der Waals surface area contributed by atoms with Crippen LogP contribution in [0.1, 0.15) is 28.3 Å². The second kappa shape index (κ2) is 5.82. The van der Waals surface area contributed by atoms with Crippen LogP contribution in [0.2, 0.25) is 0 Å². The lowest BCUT2D eigenvalue weighted by Crippen LogP contribution is -2.29. The van der Waals surface area contributed by atoms with Crippen LogP contribution < -0.4 is 11.3 Å². The number of hydrogen-bond donors (Lipinski definition) is 2. The van der Waals surface area contributed by atoms with Gasteiger partial charge in [-0.05, 0) is 70.8 Å². The number of benzene rings is 2. The summed E-state index contributed by atoms with van der Waals surface area (Å²) in [6, 6.07) is 14.9. The molecular formula is C15H17IN2. The monoisotopic (exact) mass is 352 g/mol. The van der Waals surface area contributed by atoms with E-state index >= 15 is 0 Å². The van der Waals surface area contributed by atoms with Crippen molar-refractivity contribution in [3.63, 3.8) is 0 Å². The van der Waals surface area contributed by atoms with Gasteiger partial charge < -0.3 is 0 Å². The summed E-state index contributed by atoms with van der Waals surface area (Å²) in [5, 5.41) is 0. The van der Waals surface area contributed by atoms with Crippen LogP contribution in [0.3, 0.4) is 0 Å². The number of halogens is 1. The van der Waals surface area contributed by atoms with Crippen LogP contribution in [0, 0.1) is 17.4 Å². The van der Waals surface area contributed by atoms with Gasteiger partial charge in [0.25, 0.3) is 0 Å². The van der Waals surface area contributed by atoms with Gasteiger partial charge in [0, 0.05) is 3.57 Å². The highest BCUT2D eigenvalue weighted by molar-refractivity contribution is 14.1. The molecule has 0 aliphatic rings. The fourth-order valence-electron chi connectivity index (χ4n) is 2.02. The van der Waals surface area contributed by atoms with E-state index in [1.165, 1.54) is 25.8 Å². The minimum absolute atomic E-state index is 0.0408. The Morgan fingerprint density at radius 2 is 1.72 bits per heavy atom. The summed E-state index contributed by atoms with van der Waals surface area (Å²) in [6.07, 6.45) is 0. The molecule has 18 heavy (non-hydrogen) atoms. The molecule has 94 valence electrons. The van der Waals surface area contributed by atoms with Crippen molar-refractivity contribution < 1.29 is 0 Å². The molecule has 3 N–H and O–H groups in total. The quantitative estimate of drug-likeness (QED) is 0.504. The van der Waals surface area contributed by atoms with E-state index < -0.39 is 0 Å². The van der Waals surface area contributed by atoms with Gasteiger partial charge in [-0.2, -0.15) is 0 Å². The molecule has 0 fully saturated rings. The van der Waals surface area contributed by atoms with Crippen molar-refractivity contribution in [2.75, 3.05) is 0 Å². The average molecular weight is 352 g/mol. The Morgan fingerprint density at radius 3 is 2.33 bits per heavy atom. The minimum atomic E-state index is 0.0408. The number of hydrazine groups is 1. The second-order valence-electron chi connectivity index (χ2n) is 4.50. The lowest BCUT2D eigenvalue weighted by atomic mass is 9.96. The van der Waals surface area contributed by atoms with Gasteiger partial charge in [-0.15, -0.1) is 0 Å². The van der Waals surface area contributed by atoms with E-state index in [9.17, 15) is 0 Å². The van der Waals surface area contributed by atoms with Crippen LogP contribution in [0.4, 0.5) is 0 Å². The van der Waals surface area contributed by atoms with Gasteiger partial charge in [-0.1, -0.05) is 30.3 Å². The maximum Gasteiger partial charge on any atom is 0.0710 e. The summed E-state index contributed by atoms with van der Waals surface area (Å²) in [6.45, 7) is 4.25. The molecule has 2 aromatic rings. The van der Waals surface area contributed by atoms with E-state index in [4.69, 9.17) is 5.84 Å². The van der Waals surface area contributed by atoms with Crippen LogP contribution in [0.25, 0.3) is 0 Å². The first kappa shape index (κ1) is 13.5. The summed E-state index contributed by atoms with van der Waals surface area (Å²) < 4.78 is 1.22. The molecular weight excluding hydrogens is 335 g/mol. The van der Waals surface area contributed by atoms with E-state index in [1.807, 2.05) is 0 Å². The molecule has 0 aromatic heterocycles. The zero-order chi connectivity index (χ0) is 13.1. The Hall–Kier alpha value is -0.910. The van der Waals surface area contributed by atoms with Gasteiger partial charge >= 0.3 is 0 Å². The summed E-state index contributed by atoms with van der Waals surface area (Å²) in [5.41, 5.74) is 7.88. The van der Waals surface area contributed by atoms with Gasteiger partial charge in [0.05, 0.1) is 6.04 Å². The number of nitrogens with one attached hydrogen (secondary N) is 1. The lowest BCUT2D eigenvalue weighted by Gasteiger charge is -2.18. The highest BCUT2D eigenvalue weighted by Crippen LogP contribution is 2.24. The highest BCUT2D eigenvalue weighted by Gasteiger charge is 2.12. The first-order chi connectivity index (χ1) is 8.61. The summed E-state index contributed by atoms with van der Waals surface area (Å²) in [4.78, 5) is 0. The molecule has 0 spiro atoms. The molecule has 0 aliphatic carbocycles. The molecule has 2 nitrogen and oxygen atoms in total. The average Bonchev–Trinajstić information content (AvgIpc) is 2.35. The van der Waals surface area contributed by atoms with Crippen LogP contribution in [-0.4, -0.2) is 0 Å². The van der Waals surface area contributed by atoms with E-state index in [0.717, 1.165) is 0 Å². The van der Waals surface area contributed by atoms with Gasteiger partial charge in [0.15, 0.2) is 0 Å². The zero-order valence-electron chi connectivity index (χ0n) is 10.6. The van der Waals surface area contributed by atoms with Crippen LogP contribution in [0.5, 0.6) is 0 Å². The molecule has 0 heterocycles. The first-order valence-electron chi connectivity index (χ1n) is 5.90. The van der Waals surface area contributed by atoms with Crippen molar-refractivity contribution in [3.05, 3.63) is 68.3 Å². The third-order valence-corrected chi connectivity index (χ3v) is 3.88. The third-order valence-electron chi connectivity index (χ3n) is 3.21. The normalized spacial score (nSPS) is 12.4. The zero-order valence-corrected chi connectivity index (χ0v) is 12.7. The Kier molecular flexibility index (Phi) is 4.37. The van der Waals surface area contributed by atoms with Crippen molar-refractivity contribution >= 4 is 22.6 Å². The number of rotatable bonds is 3. The molecule has 2 aromatic carbocycles. The van der Waals surface area contributed by atoms with Crippen molar-refractivity contribution in [2.24, 2.45) is 5.84 Å². The maximum absolute atomic E-state index is 5.72. The van der Waals surface area contributed by atoms with Crippen molar-refractivity contribution in [1.29, 1.82) is 0 Å². The Morgan fingerprint density at radius 1 is 1.00 bits per heavy atom. The SMILES string of the molecule is Cc1ccc(C(NN)c2cccc(I)c2)cc1C. The summed E-state index contributed by atoms with van der Waals surface area (Å²) in [7, 11) is 0. The first-order valence-corrected chi connectivity index (χ1v) is 6.98. The molecule has 0 amide bonds. The molecule has 0 bridgehead atoms. The van der Waals surface area contributed by atoms with Gasteiger partial charge in [-0.25, -0.2) is 5.43 Å². The van der Waals surface area contributed by atoms with Gasteiger partial charge in [-0.3, -0.25) is 5.84 Å². The molecule has 1 atom stereocenters. The summed E-state index contributed by atoms with van der Waals surface area (Å²) in [5.74, 6) is 5.72. The van der Waals surface area contributed by atoms with Gasteiger partial charge in [0.2, 0.25) is 0 Å². The highest BCUT2D eigenvalue weighted by atomic mass is 127. The van der Waals surface area contributed by atoms with Crippen molar-refractivity contribution in [2.45, 2.75) is 19.9 Å². The van der Waals surface area contributed by atoms with E-state index in [1.54, 1.807) is 0 Å². The maximum atomic E-state index is 5.72. The van der Waals surface area contributed by atoms with Crippen molar-refractivity contribution in [1.82, 2.24) is 5.43 Å².